The molecule has 1 fully saturated rings. The van der Waals surface area contributed by atoms with Crippen LogP contribution in [0.15, 0.2) is 53.4 Å². The molecular weight excluding hydrogens is 375 g/mol. The second kappa shape index (κ2) is 8.03. The summed E-state index contributed by atoms with van der Waals surface area (Å²) in [5.74, 6) is -0.0564. The van der Waals surface area contributed by atoms with E-state index >= 15 is 0 Å². The molecule has 2 aromatic rings. The summed E-state index contributed by atoms with van der Waals surface area (Å²) in [5, 5.41) is 0. The number of carbonyl (C=O) groups excluding carboxylic acids is 1. The van der Waals surface area contributed by atoms with Crippen LogP contribution in [0.2, 0.25) is 0 Å². The molecule has 144 valence electrons. The number of carbonyl (C=O) groups is 1. The Morgan fingerprint density at radius 2 is 1.85 bits per heavy atom. The van der Waals surface area contributed by atoms with Crippen LogP contribution in [0.25, 0.3) is 0 Å². The van der Waals surface area contributed by atoms with Crippen molar-refractivity contribution < 1.29 is 27.1 Å². The highest BCUT2D eigenvalue weighted by Crippen LogP contribution is 2.22. The molecule has 1 heterocycles. The van der Waals surface area contributed by atoms with Crippen LogP contribution < -0.4 is 14.4 Å². The van der Waals surface area contributed by atoms with Crippen molar-refractivity contribution in [3.63, 3.8) is 0 Å². The van der Waals surface area contributed by atoms with Gasteiger partial charge in [0.05, 0.1) is 24.7 Å². The van der Waals surface area contributed by atoms with Gasteiger partial charge in [-0.2, -0.15) is 0 Å². The van der Waals surface area contributed by atoms with Crippen LogP contribution in [0.5, 0.6) is 5.75 Å². The van der Waals surface area contributed by atoms with Crippen molar-refractivity contribution >= 4 is 21.6 Å². The number of nitrogens with one attached hydrogen (secondary N) is 1. The maximum absolute atomic E-state index is 13.0. The lowest BCUT2D eigenvalue weighted by Crippen LogP contribution is -2.50. The van der Waals surface area contributed by atoms with Gasteiger partial charge in [-0.05, 0) is 48.5 Å². The summed E-state index contributed by atoms with van der Waals surface area (Å²) >= 11 is 0. The van der Waals surface area contributed by atoms with Gasteiger partial charge in [-0.3, -0.25) is 4.79 Å². The zero-order valence-corrected chi connectivity index (χ0v) is 15.4. The van der Waals surface area contributed by atoms with Gasteiger partial charge in [0.1, 0.15) is 18.2 Å². The summed E-state index contributed by atoms with van der Waals surface area (Å²) in [6.07, 6.45) is -0.514. The third-order valence-electron chi connectivity index (χ3n) is 4.14. The van der Waals surface area contributed by atoms with E-state index < -0.39 is 21.9 Å². The van der Waals surface area contributed by atoms with Crippen molar-refractivity contribution in [1.82, 2.24) is 4.72 Å². The van der Waals surface area contributed by atoms with Gasteiger partial charge < -0.3 is 14.4 Å². The molecule has 0 aliphatic carbocycles. The van der Waals surface area contributed by atoms with Crippen molar-refractivity contribution in [2.24, 2.45) is 0 Å². The van der Waals surface area contributed by atoms with Crippen molar-refractivity contribution in [3.05, 3.63) is 54.3 Å². The number of morpholine rings is 1. The molecule has 1 unspecified atom stereocenters. The molecule has 0 saturated carbocycles. The molecule has 1 amide bonds. The average Bonchev–Trinajstić information content (AvgIpc) is 2.68. The Bertz CT molecular complexity index is 900. The van der Waals surface area contributed by atoms with Gasteiger partial charge in [0.2, 0.25) is 10.0 Å². The fourth-order valence-corrected chi connectivity index (χ4v) is 3.73. The first kappa shape index (κ1) is 19.3. The third-order valence-corrected chi connectivity index (χ3v) is 5.58. The standard InChI is InChI=1S/C18H19FN2O5S/c1-25-15-6-4-14(5-7-15)21-11-16(26-12-18(21)22)10-20-27(23,24)17-8-2-13(19)3-9-17/h2-9,16,20H,10-12H2,1H3. The third kappa shape index (κ3) is 4.62. The Kier molecular flexibility index (Phi) is 5.73. The maximum Gasteiger partial charge on any atom is 0.253 e. The Labute approximate surface area is 156 Å². The number of benzene rings is 2. The van der Waals surface area contributed by atoms with Crippen LogP contribution >= 0.6 is 0 Å². The smallest absolute Gasteiger partial charge is 0.253 e. The van der Waals surface area contributed by atoms with Crippen molar-refractivity contribution in [2.75, 3.05) is 31.7 Å². The molecule has 0 radical (unpaired) electrons. The maximum atomic E-state index is 13.0. The van der Waals surface area contributed by atoms with Gasteiger partial charge in [0.25, 0.3) is 5.91 Å². The van der Waals surface area contributed by atoms with Gasteiger partial charge in [-0.1, -0.05) is 0 Å². The van der Waals surface area contributed by atoms with E-state index in [1.54, 1.807) is 36.3 Å². The Hall–Kier alpha value is -2.49. The van der Waals surface area contributed by atoms with Crippen LogP contribution in [-0.2, 0) is 19.6 Å². The predicted octanol–water partition coefficient (Wildman–Crippen LogP) is 1.54. The van der Waals surface area contributed by atoms with Gasteiger partial charge in [0, 0.05) is 12.2 Å². The van der Waals surface area contributed by atoms with Crippen molar-refractivity contribution in [3.8, 4) is 5.75 Å². The summed E-state index contributed by atoms with van der Waals surface area (Å²) in [5.41, 5.74) is 0.676. The van der Waals surface area contributed by atoms with Gasteiger partial charge in [-0.25, -0.2) is 17.5 Å². The number of rotatable bonds is 6. The highest BCUT2D eigenvalue weighted by Gasteiger charge is 2.28. The molecule has 9 heteroatoms. The number of halogens is 1. The van der Waals surface area contributed by atoms with Gasteiger partial charge in [0.15, 0.2) is 0 Å². The van der Waals surface area contributed by atoms with E-state index in [-0.39, 0.29) is 30.5 Å². The monoisotopic (exact) mass is 394 g/mol. The zero-order valence-electron chi connectivity index (χ0n) is 14.6. The molecule has 1 aliphatic rings. The number of hydrogen-bond donors (Lipinski definition) is 1. The summed E-state index contributed by atoms with van der Waals surface area (Å²) < 4.78 is 50.5. The number of nitrogens with zero attached hydrogens (tertiary/aromatic N) is 1. The quantitative estimate of drug-likeness (QED) is 0.804. The van der Waals surface area contributed by atoms with E-state index in [9.17, 15) is 17.6 Å². The van der Waals surface area contributed by atoms with Gasteiger partial charge in [-0.15, -0.1) is 0 Å². The lowest BCUT2D eigenvalue weighted by Gasteiger charge is -2.32. The number of amides is 1. The molecule has 1 atom stereocenters. The molecule has 7 nitrogen and oxygen atoms in total. The van der Waals surface area contributed by atoms with Crippen LogP contribution in [0.4, 0.5) is 10.1 Å². The van der Waals surface area contributed by atoms with Crippen molar-refractivity contribution in [2.45, 2.75) is 11.0 Å². The van der Waals surface area contributed by atoms with E-state index in [1.807, 2.05) is 0 Å². The van der Waals surface area contributed by atoms with E-state index in [0.29, 0.717) is 11.4 Å². The number of sulfonamides is 1. The van der Waals surface area contributed by atoms with Crippen LogP contribution in [0.1, 0.15) is 0 Å². The molecule has 2 aromatic carbocycles. The molecule has 1 N–H and O–H groups in total. The first-order valence-corrected chi connectivity index (χ1v) is 9.68. The highest BCUT2D eigenvalue weighted by molar-refractivity contribution is 7.89. The van der Waals surface area contributed by atoms with Crippen LogP contribution in [0, 0.1) is 5.82 Å². The van der Waals surface area contributed by atoms with E-state index in [4.69, 9.17) is 9.47 Å². The molecule has 3 rings (SSSR count). The summed E-state index contributed by atoms with van der Waals surface area (Å²) in [6.45, 7) is 0.0473. The fraction of sp³-hybridized carbons (Fsp3) is 0.278. The number of anilines is 1. The Morgan fingerprint density at radius 1 is 1.19 bits per heavy atom. The minimum absolute atomic E-state index is 0.0142. The zero-order chi connectivity index (χ0) is 19.4. The Balaban J connectivity index is 1.65. The van der Waals surface area contributed by atoms with E-state index in [1.165, 1.54) is 12.1 Å². The molecule has 0 bridgehead atoms. The largest absolute Gasteiger partial charge is 0.497 e. The van der Waals surface area contributed by atoms with Crippen molar-refractivity contribution in [1.29, 1.82) is 0 Å². The topological polar surface area (TPSA) is 84.9 Å². The Morgan fingerprint density at radius 3 is 2.48 bits per heavy atom. The first-order chi connectivity index (χ1) is 12.9. The second-order valence-electron chi connectivity index (χ2n) is 5.94. The molecule has 27 heavy (non-hydrogen) atoms. The lowest BCUT2D eigenvalue weighted by atomic mass is 10.2. The minimum Gasteiger partial charge on any atom is -0.497 e. The minimum atomic E-state index is -3.80. The van der Waals surface area contributed by atoms with Gasteiger partial charge >= 0.3 is 0 Å². The number of hydrogen-bond acceptors (Lipinski definition) is 5. The molecule has 1 aliphatic heterocycles. The second-order valence-corrected chi connectivity index (χ2v) is 7.71. The van der Waals surface area contributed by atoms with Crippen LogP contribution in [0.3, 0.4) is 0 Å². The normalized spacial score (nSPS) is 17.8. The highest BCUT2D eigenvalue weighted by atomic mass is 32.2. The summed E-state index contributed by atoms with van der Waals surface area (Å²) in [6, 6.07) is 11.5. The molecule has 0 spiro atoms. The number of methoxy groups -OCH3 is 1. The fourth-order valence-electron chi connectivity index (χ4n) is 2.66. The van der Waals surface area contributed by atoms with Crippen LogP contribution in [-0.4, -0.2) is 47.2 Å². The summed E-state index contributed by atoms with van der Waals surface area (Å²) in [4.78, 5) is 13.6. The molecule has 0 aromatic heterocycles. The lowest BCUT2D eigenvalue weighted by molar-refractivity contribution is -0.129. The van der Waals surface area contributed by atoms with E-state index in [0.717, 1.165) is 12.1 Å². The SMILES string of the molecule is COc1ccc(N2CC(CNS(=O)(=O)c3ccc(F)cc3)OCC2=O)cc1. The molecule has 1 saturated heterocycles. The number of ether oxygens (including phenoxy) is 2. The summed E-state index contributed by atoms with van der Waals surface area (Å²) in [7, 11) is -2.24. The first-order valence-electron chi connectivity index (χ1n) is 8.20. The average molecular weight is 394 g/mol. The molecular formula is C18H19FN2O5S. The van der Waals surface area contributed by atoms with E-state index in [2.05, 4.69) is 4.72 Å². The predicted molar refractivity (Wildman–Crippen MR) is 96.7 cm³/mol.